The van der Waals surface area contributed by atoms with Gasteiger partial charge in [0.05, 0.1) is 11.0 Å². The van der Waals surface area contributed by atoms with E-state index in [0.29, 0.717) is 16.7 Å². The maximum atomic E-state index is 12.0. The van der Waals surface area contributed by atoms with Gasteiger partial charge in [0.2, 0.25) is 10.0 Å². The van der Waals surface area contributed by atoms with Crippen LogP contribution >= 0.6 is 23.2 Å². The first-order valence-corrected chi connectivity index (χ1v) is 7.79. The van der Waals surface area contributed by atoms with Gasteiger partial charge in [-0.3, -0.25) is 0 Å². The molecule has 1 aliphatic heterocycles. The summed E-state index contributed by atoms with van der Waals surface area (Å²) < 4.78 is 31.9. The van der Waals surface area contributed by atoms with Crippen molar-refractivity contribution < 1.29 is 13.2 Å². The van der Waals surface area contributed by atoms with Crippen LogP contribution in [0.2, 0.25) is 10.0 Å². The SMILES string of the molecule is O=S(=O)(NCC1CCCO1)c1cc(Cl)cc(Cl)c1. The second-order valence-corrected chi connectivity index (χ2v) is 6.73. The Bertz CT molecular complexity index is 507. The third-order valence-corrected chi connectivity index (χ3v) is 4.51. The van der Waals surface area contributed by atoms with Crippen LogP contribution in [0, 0.1) is 0 Å². The number of halogens is 2. The lowest BCUT2D eigenvalue weighted by atomic mass is 10.2. The zero-order valence-corrected chi connectivity index (χ0v) is 11.9. The zero-order valence-electron chi connectivity index (χ0n) is 9.53. The fourth-order valence-electron chi connectivity index (χ4n) is 1.77. The zero-order chi connectivity index (χ0) is 13.2. The van der Waals surface area contributed by atoms with E-state index in [1.54, 1.807) is 0 Å². The number of sulfonamides is 1. The summed E-state index contributed by atoms with van der Waals surface area (Å²) in [5, 5.41) is 0.583. The standard InChI is InChI=1S/C11H13Cl2NO3S/c12-8-4-9(13)6-11(5-8)18(15,16)14-7-10-2-1-3-17-10/h4-6,10,14H,1-3,7H2. The van der Waals surface area contributed by atoms with Crippen LogP contribution in [-0.2, 0) is 14.8 Å². The van der Waals surface area contributed by atoms with Gasteiger partial charge in [0.1, 0.15) is 0 Å². The van der Waals surface area contributed by atoms with E-state index >= 15 is 0 Å². The predicted octanol–water partition coefficient (Wildman–Crippen LogP) is 2.45. The van der Waals surface area contributed by atoms with E-state index in [-0.39, 0.29) is 17.5 Å². The summed E-state index contributed by atoms with van der Waals surface area (Å²) in [5.41, 5.74) is 0. The molecule has 1 aromatic carbocycles. The average Bonchev–Trinajstić information content (AvgIpc) is 2.78. The van der Waals surface area contributed by atoms with Crippen LogP contribution in [-0.4, -0.2) is 27.7 Å². The molecule has 0 radical (unpaired) electrons. The number of ether oxygens (including phenoxy) is 1. The molecule has 1 aromatic rings. The molecule has 1 N–H and O–H groups in total. The Morgan fingerprint density at radius 1 is 1.28 bits per heavy atom. The summed E-state index contributed by atoms with van der Waals surface area (Å²) in [6, 6.07) is 4.22. The van der Waals surface area contributed by atoms with Crippen molar-refractivity contribution in [1.82, 2.24) is 4.72 Å². The first-order chi connectivity index (χ1) is 8.47. The Hall–Kier alpha value is -0.330. The van der Waals surface area contributed by atoms with Gasteiger partial charge in [0.15, 0.2) is 0 Å². The molecular weight excluding hydrogens is 297 g/mol. The van der Waals surface area contributed by atoms with E-state index in [1.807, 2.05) is 0 Å². The highest BCUT2D eigenvalue weighted by Gasteiger charge is 2.20. The molecule has 18 heavy (non-hydrogen) atoms. The van der Waals surface area contributed by atoms with Crippen LogP contribution in [0.15, 0.2) is 23.1 Å². The normalized spacial score (nSPS) is 20.2. The van der Waals surface area contributed by atoms with Crippen molar-refractivity contribution >= 4 is 33.2 Å². The average molecular weight is 310 g/mol. The van der Waals surface area contributed by atoms with Crippen LogP contribution < -0.4 is 4.72 Å². The van der Waals surface area contributed by atoms with Gasteiger partial charge in [-0.05, 0) is 31.0 Å². The summed E-state index contributed by atoms with van der Waals surface area (Å²) in [5.74, 6) is 0. The summed E-state index contributed by atoms with van der Waals surface area (Å²) >= 11 is 11.6. The lowest BCUT2D eigenvalue weighted by Gasteiger charge is -2.11. The number of nitrogens with one attached hydrogen (secondary N) is 1. The highest BCUT2D eigenvalue weighted by Crippen LogP contribution is 2.22. The minimum atomic E-state index is -3.59. The number of hydrogen-bond donors (Lipinski definition) is 1. The molecule has 4 nitrogen and oxygen atoms in total. The number of rotatable bonds is 4. The first kappa shape index (κ1) is 14.1. The fraction of sp³-hybridized carbons (Fsp3) is 0.455. The predicted molar refractivity (Wildman–Crippen MR) is 70.6 cm³/mol. The Morgan fingerprint density at radius 3 is 2.50 bits per heavy atom. The summed E-state index contributed by atoms with van der Waals surface area (Å²) in [7, 11) is -3.59. The lowest BCUT2D eigenvalue weighted by molar-refractivity contribution is 0.114. The van der Waals surface area contributed by atoms with Crippen molar-refractivity contribution in [2.24, 2.45) is 0 Å². The highest BCUT2D eigenvalue weighted by atomic mass is 35.5. The van der Waals surface area contributed by atoms with Crippen molar-refractivity contribution in [2.45, 2.75) is 23.8 Å². The molecule has 1 aliphatic rings. The van der Waals surface area contributed by atoms with Crippen LogP contribution in [0.3, 0.4) is 0 Å². The first-order valence-electron chi connectivity index (χ1n) is 5.55. The molecule has 1 heterocycles. The quantitative estimate of drug-likeness (QED) is 0.929. The Morgan fingerprint density at radius 2 is 1.94 bits per heavy atom. The van der Waals surface area contributed by atoms with E-state index in [2.05, 4.69) is 4.72 Å². The summed E-state index contributed by atoms with van der Waals surface area (Å²) in [6.07, 6.45) is 1.79. The summed E-state index contributed by atoms with van der Waals surface area (Å²) in [4.78, 5) is 0.0676. The van der Waals surface area contributed by atoms with Crippen molar-refractivity contribution in [3.05, 3.63) is 28.2 Å². The van der Waals surface area contributed by atoms with E-state index in [1.165, 1.54) is 18.2 Å². The Kier molecular flexibility index (Phi) is 4.50. The minimum Gasteiger partial charge on any atom is -0.377 e. The summed E-state index contributed by atoms with van der Waals surface area (Å²) in [6.45, 7) is 0.960. The number of benzene rings is 1. The minimum absolute atomic E-state index is 0.0468. The van der Waals surface area contributed by atoms with Crippen LogP contribution in [0.4, 0.5) is 0 Å². The molecule has 0 saturated carbocycles. The van der Waals surface area contributed by atoms with E-state index in [0.717, 1.165) is 12.8 Å². The molecule has 1 fully saturated rings. The molecule has 0 aromatic heterocycles. The van der Waals surface area contributed by atoms with Crippen LogP contribution in [0.1, 0.15) is 12.8 Å². The van der Waals surface area contributed by atoms with Gasteiger partial charge >= 0.3 is 0 Å². The van der Waals surface area contributed by atoms with Crippen molar-refractivity contribution in [3.63, 3.8) is 0 Å². The topological polar surface area (TPSA) is 55.4 Å². The van der Waals surface area contributed by atoms with Crippen LogP contribution in [0.5, 0.6) is 0 Å². The Balaban J connectivity index is 2.09. The maximum absolute atomic E-state index is 12.0. The van der Waals surface area contributed by atoms with E-state index in [9.17, 15) is 8.42 Å². The van der Waals surface area contributed by atoms with Crippen LogP contribution in [0.25, 0.3) is 0 Å². The van der Waals surface area contributed by atoms with E-state index in [4.69, 9.17) is 27.9 Å². The second-order valence-electron chi connectivity index (χ2n) is 4.09. The van der Waals surface area contributed by atoms with Crippen molar-refractivity contribution in [2.75, 3.05) is 13.2 Å². The largest absolute Gasteiger partial charge is 0.377 e. The maximum Gasteiger partial charge on any atom is 0.240 e. The molecule has 0 aliphatic carbocycles. The third kappa shape index (κ3) is 3.59. The van der Waals surface area contributed by atoms with E-state index < -0.39 is 10.0 Å². The molecular formula is C11H13Cl2NO3S. The molecule has 0 amide bonds. The lowest BCUT2D eigenvalue weighted by Crippen LogP contribution is -2.31. The molecule has 1 unspecified atom stereocenters. The van der Waals surface area contributed by atoms with Crippen molar-refractivity contribution in [1.29, 1.82) is 0 Å². The molecule has 7 heteroatoms. The third-order valence-electron chi connectivity index (χ3n) is 2.67. The molecule has 1 atom stereocenters. The molecule has 0 bridgehead atoms. The fourth-order valence-corrected chi connectivity index (χ4v) is 3.57. The molecule has 2 rings (SSSR count). The van der Waals surface area contributed by atoms with Gasteiger partial charge in [0.25, 0.3) is 0 Å². The monoisotopic (exact) mass is 309 g/mol. The van der Waals surface area contributed by atoms with Crippen molar-refractivity contribution in [3.8, 4) is 0 Å². The Labute approximate surface area is 116 Å². The van der Waals surface area contributed by atoms with Gasteiger partial charge in [0, 0.05) is 23.2 Å². The van der Waals surface area contributed by atoms with Gasteiger partial charge < -0.3 is 4.74 Å². The van der Waals surface area contributed by atoms with Gasteiger partial charge in [-0.15, -0.1) is 0 Å². The molecule has 1 saturated heterocycles. The highest BCUT2D eigenvalue weighted by molar-refractivity contribution is 7.89. The number of hydrogen-bond acceptors (Lipinski definition) is 3. The van der Waals surface area contributed by atoms with Gasteiger partial charge in [-0.2, -0.15) is 0 Å². The van der Waals surface area contributed by atoms with Gasteiger partial charge in [-0.1, -0.05) is 23.2 Å². The smallest absolute Gasteiger partial charge is 0.240 e. The van der Waals surface area contributed by atoms with Gasteiger partial charge in [-0.25, -0.2) is 13.1 Å². The second kappa shape index (κ2) is 5.75. The molecule has 100 valence electrons. The molecule has 0 spiro atoms.